The standard InChI is InChI=1S/C22H16N2O4S2/c25-16-11-9-15(10-12-16)23-19(26)13-17(20(23)27)24-21(28)18(30-22(24)29)8-4-7-14-5-2-1-3-6-14/h1-12,17,25H,13H2. The number of anilines is 1. The Balaban J connectivity index is 1.53. The highest BCUT2D eigenvalue weighted by molar-refractivity contribution is 8.26. The van der Waals surface area contributed by atoms with Crippen molar-refractivity contribution in [2.45, 2.75) is 12.5 Å². The van der Waals surface area contributed by atoms with Crippen molar-refractivity contribution in [3.63, 3.8) is 0 Å². The Kier molecular flexibility index (Phi) is 5.52. The lowest BCUT2D eigenvalue weighted by Crippen LogP contribution is -2.44. The molecule has 0 saturated carbocycles. The number of thiocarbonyl (C=S) groups is 1. The van der Waals surface area contributed by atoms with Gasteiger partial charge in [-0.05, 0) is 35.9 Å². The minimum atomic E-state index is -0.970. The number of phenolic OH excluding ortho intramolecular Hbond substituents is 1. The third kappa shape index (κ3) is 3.79. The fraction of sp³-hybridized carbons (Fsp3) is 0.0909. The predicted molar refractivity (Wildman–Crippen MR) is 120 cm³/mol. The van der Waals surface area contributed by atoms with E-state index in [1.807, 2.05) is 36.4 Å². The Morgan fingerprint density at radius 1 is 1.03 bits per heavy atom. The number of benzene rings is 2. The van der Waals surface area contributed by atoms with Crippen LogP contribution in [-0.2, 0) is 14.4 Å². The van der Waals surface area contributed by atoms with E-state index in [-0.39, 0.29) is 22.4 Å². The van der Waals surface area contributed by atoms with E-state index in [9.17, 15) is 19.5 Å². The van der Waals surface area contributed by atoms with Crippen LogP contribution in [0, 0.1) is 0 Å². The number of rotatable bonds is 4. The van der Waals surface area contributed by atoms with E-state index in [1.54, 1.807) is 12.2 Å². The number of hydrogen-bond acceptors (Lipinski definition) is 6. The molecule has 2 aliphatic rings. The van der Waals surface area contributed by atoms with Crippen molar-refractivity contribution < 1.29 is 19.5 Å². The van der Waals surface area contributed by atoms with E-state index in [4.69, 9.17) is 12.2 Å². The summed E-state index contributed by atoms with van der Waals surface area (Å²) in [6.45, 7) is 0. The average molecular weight is 437 g/mol. The Morgan fingerprint density at radius 3 is 2.43 bits per heavy atom. The van der Waals surface area contributed by atoms with E-state index in [0.29, 0.717) is 10.6 Å². The molecule has 4 rings (SSSR count). The Bertz CT molecular complexity index is 1090. The van der Waals surface area contributed by atoms with E-state index in [2.05, 4.69) is 0 Å². The topological polar surface area (TPSA) is 77.9 Å². The largest absolute Gasteiger partial charge is 0.508 e. The molecule has 8 heteroatoms. The number of aromatic hydroxyl groups is 1. The molecule has 1 N–H and O–H groups in total. The molecule has 2 aliphatic heterocycles. The Morgan fingerprint density at radius 2 is 1.73 bits per heavy atom. The first kappa shape index (κ1) is 20.1. The zero-order valence-electron chi connectivity index (χ0n) is 15.6. The highest BCUT2D eigenvalue weighted by atomic mass is 32.2. The van der Waals surface area contributed by atoms with Gasteiger partial charge >= 0.3 is 0 Å². The zero-order chi connectivity index (χ0) is 21.3. The number of carbonyl (C=O) groups excluding carboxylic acids is 3. The minimum absolute atomic E-state index is 0.0278. The van der Waals surface area contributed by atoms with Crippen LogP contribution in [-0.4, -0.2) is 38.1 Å². The molecule has 0 aliphatic carbocycles. The number of amides is 3. The molecule has 3 amide bonds. The lowest BCUT2D eigenvalue weighted by molar-refractivity contribution is -0.130. The molecule has 1 atom stereocenters. The first-order chi connectivity index (χ1) is 14.5. The number of hydrogen-bond donors (Lipinski definition) is 1. The quantitative estimate of drug-likeness (QED) is 0.449. The Hall–Kier alpha value is -3.23. The van der Waals surface area contributed by atoms with Crippen molar-refractivity contribution in [2.75, 3.05) is 4.90 Å². The van der Waals surface area contributed by atoms with Gasteiger partial charge in [-0.1, -0.05) is 66.5 Å². The molecule has 2 aromatic carbocycles. The number of imide groups is 1. The van der Waals surface area contributed by atoms with E-state index in [1.165, 1.54) is 29.2 Å². The molecule has 150 valence electrons. The van der Waals surface area contributed by atoms with Crippen molar-refractivity contribution in [1.29, 1.82) is 0 Å². The molecule has 6 nitrogen and oxygen atoms in total. The lowest BCUT2D eigenvalue weighted by Gasteiger charge is -2.21. The number of phenols is 1. The Labute approximate surface area is 182 Å². The van der Waals surface area contributed by atoms with Gasteiger partial charge in [-0.15, -0.1) is 0 Å². The highest BCUT2D eigenvalue weighted by Gasteiger charge is 2.48. The molecule has 0 bridgehead atoms. The number of nitrogens with zero attached hydrogens (tertiary/aromatic N) is 2. The summed E-state index contributed by atoms with van der Waals surface area (Å²) >= 11 is 6.44. The maximum atomic E-state index is 12.9. The van der Waals surface area contributed by atoms with Crippen LogP contribution >= 0.6 is 24.0 Å². The number of allylic oxidation sites excluding steroid dienone is 2. The van der Waals surface area contributed by atoms with Gasteiger partial charge in [-0.25, -0.2) is 4.90 Å². The van der Waals surface area contributed by atoms with Crippen LogP contribution in [0.25, 0.3) is 6.08 Å². The number of thioether (sulfide) groups is 1. The minimum Gasteiger partial charge on any atom is -0.508 e. The summed E-state index contributed by atoms with van der Waals surface area (Å²) in [7, 11) is 0. The van der Waals surface area contributed by atoms with Gasteiger partial charge in [0.15, 0.2) is 0 Å². The van der Waals surface area contributed by atoms with E-state index >= 15 is 0 Å². The van der Waals surface area contributed by atoms with Gasteiger partial charge in [0.05, 0.1) is 17.0 Å². The van der Waals surface area contributed by atoms with Crippen LogP contribution in [0.3, 0.4) is 0 Å². The van der Waals surface area contributed by atoms with Crippen LogP contribution in [0.15, 0.2) is 71.7 Å². The average Bonchev–Trinajstić information content (AvgIpc) is 3.18. The van der Waals surface area contributed by atoms with Crippen LogP contribution in [0.2, 0.25) is 0 Å². The van der Waals surface area contributed by atoms with Crippen molar-refractivity contribution >= 4 is 57.8 Å². The maximum absolute atomic E-state index is 12.9. The van der Waals surface area contributed by atoms with Gasteiger partial charge in [0.2, 0.25) is 5.91 Å². The monoisotopic (exact) mass is 436 g/mol. The first-order valence-electron chi connectivity index (χ1n) is 9.10. The molecular formula is C22H16N2O4S2. The van der Waals surface area contributed by atoms with E-state index in [0.717, 1.165) is 22.2 Å². The second-order valence-corrected chi connectivity index (χ2v) is 8.32. The summed E-state index contributed by atoms with van der Waals surface area (Å²) in [6, 6.07) is 14.4. The summed E-state index contributed by atoms with van der Waals surface area (Å²) in [5.41, 5.74) is 1.34. The second-order valence-electron chi connectivity index (χ2n) is 6.65. The molecule has 2 heterocycles. The summed E-state index contributed by atoms with van der Waals surface area (Å²) in [5, 5.41) is 9.43. The fourth-order valence-electron chi connectivity index (χ4n) is 3.26. The van der Waals surface area contributed by atoms with Crippen LogP contribution < -0.4 is 4.90 Å². The first-order valence-corrected chi connectivity index (χ1v) is 10.3. The third-order valence-corrected chi connectivity index (χ3v) is 6.05. The van der Waals surface area contributed by atoms with Crippen LogP contribution in [0.4, 0.5) is 5.69 Å². The van der Waals surface area contributed by atoms with Crippen LogP contribution in [0.1, 0.15) is 12.0 Å². The van der Waals surface area contributed by atoms with Gasteiger partial charge in [0.25, 0.3) is 11.8 Å². The SMILES string of the molecule is O=C1CC(N2C(=O)C(=CC=Cc3ccccc3)SC2=S)C(=O)N1c1ccc(O)cc1. The molecule has 0 spiro atoms. The zero-order valence-corrected chi connectivity index (χ0v) is 17.2. The molecule has 30 heavy (non-hydrogen) atoms. The molecule has 0 radical (unpaired) electrons. The number of carbonyl (C=O) groups is 3. The normalized spacial score (nSPS) is 20.9. The van der Waals surface area contributed by atoms with Crippen molar-refractivity contribution in [2.24, 2.45) is 0 Å². The third-order valence-electron chi connectivity index (χ3n) is 4.70. The fourth-order valence-corrected chi connectivity index (χ4v) is 4.57. The van der Waals surface area contributed by atoms with Crippen molar-refractivity contribution in [1.82, 2.24) is 4.90 Å². The van der Waals surface area contributed by atoms with Gasteiger partial charge in [0, 0.05) is 0 Å². The molecular weight excluding hydrogens is 420 g/mol. The highest BCUT2D eigenvalue weighted by Crippen LogP contribution is 2.36. The molecule has 2 fully saturated rings. The molecule has 2 saturated heterocycles. The smallest absolute Gasteiger partial charge is 0.266 e. The van der Waals surface area contributed by atoms with Gasteiger partial charge in [-0.3, -0.25) is 19.3 Å². The maximum Gasteiger partial charge on any atom is 0.266 e. The van der Waals surface area contributed by atoms with Gasteiger partial charge in [0.1, 0.15) is 16.1 Å². The molecule has 0 aromatic heterocycles. The van der Waals surface area contributed by atoms with Gasteiger partial charge < -0.3 is 5.11 Å². The van der Waals surface area contributed by atoms with Gasteiger partial charge in [-0.2, -0.15) is 0 Å². The van der Waals surface area contributed by atoms with E-state index < -0.39 is 17.9 Å². The summed E-state index contributed by atoms with van der Waals surface area (Å²) in [6.07, 6.45) is 5.14. The lowest BCUT2D eigenvalue weighted by atomic mass is 10.2. The summed E-state index contributed by atoms with van der Waals surface area (Å²) in [4.78, 5) is 41.0. The molecule has 2 aromatic rings. The summed E-state index contributed by atoms with van der Waals surface area (Å²) < 4.78 is 0.248. The van der Waals surface area contributed by atoms with Crippen molar-refractivity contribution in [3.05, 3.63) is 77.2 Å². The second kappa shape index (κ2) is 8.25. The summed E-state index contributed by atoms with van der Waals surface area (Å²) in [5.74, 6) is -1.29. The van der Waals surface area contributed by atoms with Crippen molar-refractivity contribution in [3.8, 4) is 5.75 Å². The van der Waals surface area contributed by atoms with Crippen LogP contribution in [0.5, 0.6) is 5.75 Å². The molecule has 1 unspecified atom stereocenters. The predicted octanol–water partition coefficient (Wildman–Crippen LogP) is 3.48.